The van der Waals surface area contributed by atoms with Gasteiger partial charge < -0.3 is 9.47 Å². The SMILES string of the molecule is COCOc1ccc(Cc2ccccc2)cc1Pc1ccc(C)cc1CN1CCCCC1. The summed E-state index contributed by atoms with van der Waals surface area (Å²) in [5, 5.41) is 2.67. The largest absolute Gasteiger partial charge is 0.467 e. The molecule has 1 unspecified atom stereocenters. The van der Waals surface area contributed by atoms with Crippen molar-refractivity contribution in [3.05, 3.63) is 89.0 Å². The number of rotatable bonds is 9. The fourth-order valence-electron chi connectivity index (χ4n) is 4.34. The number of benzene rings is 3. The Bertz CT molecular complexity index is 1000. The molecule has 1 atom stereocenters. The highest BCUT2D eigenvalue weighted by atomic mass is 31.1. The van der Waals surface area contributed by atoms with E-state index in [-0.39, 0.29) is 6.79 Å². The number of piperidine rings is 1. The van der Waals surface area contributed by atoms with E-state index in [2.05, 4.69) is 78.6 Å². The highest BCUT2D eigenvalue weighted by molar-refractivity contribution is 7.55. The van der Waals surface area contributed by atoms with E-state index in [0.717, 1.165) is 18.7 Å². The van der Waals surface area contributed by atoms with E-state index in [1.165, 1.54) is 65.2 Å². The van der Waals surface area contributed by atoms with Crippen LogP contribution in [0.15, 0.2) is 66.7 Å². The summed E-state index contributed by atoms with van der Waals surface area (Å²) in [6.45, 7) is 5.93. The van der Waals surface area contributed by atoms with Crippen molar-refractivity contribution < 1.29 is 9.47 Å². The maximum atomic E-state index is 5.95. The van der Waals surface area contributed by atoms with E-state index in [9.17, 15) is 0 Å². The Kier molecular flexibility index (Phi) is 8.34. The predicted molar refractivity (Wildman–Crippen MR) is 136 cm³/mol. The van der Waals surface area contributed by atoms with Crippen molar-refractivity contribution in [3.63, 3.8) is 0 Å². The lowest BCUT2D eigenvalue weighted by molar-refractivity contribution is 0.0519. The molecule has 0 bridgehead atoms. The number of aryl methyl sites for hydroxylation is 1. The van der Waals surface area contributed by atoms with E-state index in [4.69, 9.17) is 9.47 Å². The summed E-state index contributed by atoms with van der Waals surface area (Å²) in [7, 11) is 2.22. The molecular weight excluding hydrogens is 413 g/mol. The second-order valence-electron chi connectivity index (χ2n) is 8.67. The predicted octanol–water partition coefficient (Wildman–Crippen LogP) is 5.18. The van der Waals surface area contributed by atoms with Crippen LogP contribution >= 0.6 is 8.58 Å². The van der Waals surface area contributed by atoms with Gasteiger partial charge in [0.2, 0.25) is 0 Å². The minimum absolute atomic E-state index is 0.268. The molecule has 0 radical (unpaired) electrons. The normalized spacial score (nSPS) is 14.8. The summed E-state index contributed by atoms with van der Waals surface area (Å²) >= 11 is 0. The van der Waals surface area contributed by atoms with Gasteiger partial charge in [0.1, 0.15) is 5.75 Å². The molecule has 3 nitrogen and oxygen atoms in total. The molecule has 3 aromatic carbocycles. The van der Waals surface area contributed by atoms with Crippen LogP contribution < -0.4 is 15.3 Å². The molecule has 4 heteroatoms. The minimum atomic E-state index is 0.268. The van der Waals surface area contributed by atoms with Crippen LogP contribution in [0.1, 0.15) is 41.5 Å². The van der Waals surface area contributed by atoms with Gasteiger partial charge in [-0.2, -0.15) is 0 Å². The number of likely N-dealkylation sites (tertiary alicyclic amines) is 1. The maximum Gasteiger partial charge on any atom is 0.188 e. The highest BCUT2D eigenvalue weighted by Crippen LogP contribution is 2.25. The van der Waals surface area contributed by atoms with Crippen molar-refractivity contribution in [2.75, 3.05) is 27.0 Å². The Hall–Kier alpha value is -2.19. The summed E-state index contributed by atoms with van der Waals surface area (Å²) in [6, 6.07) is 24.2. The Labute approximate surface area is 194 Å². The van der Waals surface area contributed by atoms with Crippen LogP contribution in [-0.2, 0) is 17.7 Å². The Morgan fingerprint density at radius 2 is 1.66 bits per heavy atom. The zero-order chi connectivity index (χ0) is 22.2. The van der Waals surface area contributed by atoms with Gasteiger partial charge in [-0.1, -0.05) is 75.2 Å². The van der Waals surface area contributed by atoms with E-state index in [1.807, 2.05) is 0 Å². The van der Waals surface area contributed by atoms with Crippen LogP contribution in [0.25, 0.3) is 0 Å². The third-order valence-corrected chi connectivity index (χ3v) is 7.42. The number of nitrogens with zero attached hydrogens (tertiary/aromatic N) is 1. The van der Waals surface area contributed by atoms with Crippen molar-refractivity contribution in [1.29, 1.82) is 0 Å². The molecule has 168 valence electrons. The summed E-state index contributed by atoms with van der Waals surface area (Å²) in [5.74, 6) is 0.923. The molecule has 0 spiro atoms. The number of methoxy groups -OCH3 is 1. The summed E-state index contributed by atoms with van der Waals surface area (Å²) in [5.41, 5.74) is 5.43. The molecule has 0 amide bonds. The zero-order valence-corrected chi connectivity index (χ0v) is 20.3. The molecule has 0 N–H and O–H groups in total. The fourth-order valence-corrected chi connectivity index (χ4v) is 5.65. The Morgan fingerprint density at radius 3 is 2.44 bits per heavy atom. The number of ether oxygens (including phenoxy) is 2. The average molecular weight is 448 g/mol. The summed E-state index contributed by atoms with van der Waals surface area (Å²) in [4.78, 5) is 2.61. The highest BCUT2D eigenvalue weighted by Gasteiger charge is 2.15. The smallest absolute Gasteiger partial charge is 0.188 e. The van der Waals surface area contributed by atoms with Gasteiger partial charge in [0.15, 0.2) is 6.79 Å². The number of hydrogen-bond acceptors (Lipinski definition) is 3. The van der Waals surface area contributed by atoms with E-state index in [1.54, 1.807) is 7.11 Å². The molecule has 0 aliphatic carbocycles. The molecule has 0 saturated carbocycles. The van der Waals surface area contributed by atoms with Crippen molar-refractivity contribution in [3.8, 4) is 5.75 Å². The van der Waals surface area contributed by atoms with Crippen LogP contribution in [0.4, 0.5) is 0 Å². The molecule has 1 aliphatic rings. The molecular formula is C28H34NO2P. The van der Waals surface area contributed by atoms with Crippen molar-refractivity contribution in [1.82, 2.24) is 4.90 Å². The topological polar surface area (TPSA) is 21.7 Å². The van der Waals surface area contributed by atoms with Gasteiger partial charge >= 0.3 is 0 Å². The standard InChI is InChI=1S/C28H34NO2P/c1-22-11-14-27(25(17-22)20-29-15-7-4-8-16-29)32-28-19-24(12-13-26(28)31-21-30-2)18-23-9-5-3-6-10-23/h3,5-6,9-14,17,19,32H,4,7-8,15-16,18,20-21H2,1-2H3. The summed E-state index contributed by atoms with van der Waals surface area (Å²) in [6.07, 6.45) is 4.94. The van der Waals surface area contributed by atoms with Crippen LogP contribution in [0.3, 0.4) is 0 Å². The zero-order valence-electron chi connectivity index (χ0n) is 19.3. The molecule has 1 fully saturated rings. The monoisotopic (exact) mass is 447 g/mol. The second kappa shape index (κ2) is 11.6. The van der Waals surface area contributed by atoms with Crippen molar-refractivity contribution >= 4 is 19.2 Å². The van der Waals surface area contributed by atoms with Crippen LogP contribution in [0.2, 0.25) is 0 Å². The van der Waals surface area contributed by atoms with Crippen molar-refractivity contribution in [2.45, 2.75) is 39.2 Å². The minimum Gasteiger partial charge on any atom is -0.467 e. The van der Waals surface area contributed by atoms with Crippen LogP contribution in [0, 0.1) is 6.92 Å². The first-order valence-electron chi connectivity index (χ1n) is 11.6. The fraction of sp³-hybridized carbons (Fsp3) is 0.357. The summed E-state index contributed by atoms with van der Waals surface area (Å²) < 4.78 is 11.1. The van der Waals surface area contributed by atoms with Gasteiger partial charge in [0.05, 0.1) is 0 Å². The van der Waals surface area contributed by atoms with E-state index >= 15 is 0 Å². The Balaban J connectivity index is 1.60. The Morgan fingerprint density at radius 1 is 0.844 bits per heavy atom. The molecule has 3 aromatic rings. The lowest BCUT2D eigenvalue weighted by Gasteiger charge is -2.27. The average Bonchev–Trinajstić information content (AvgIpc) is 2.82. The van der Waals surface area contributed by atoms with Gasteiger partial charge in [-0.05, 0) is 73.4 Å². The lowest BCUT2D eigenvalue weighted by Crippen LogP contribution is -2.30. The molecule has 1 saturated heterocycles. The quantitative estimate of drug-likeness (QED) is 0.333. The third-order valence-electron chi connectivity index (χ3n) is 6.00. The maximum absolute atomic E-state index is 5.95. The first kappa shape index (κ1) is 23.0. The van der Waals surface area contributed by atoms with Gasteiger partial charge in [-0.15, -0.1) is 0 Å². The first-order chi connectivity index (χ1) is 15.7. The van der Waals surface area contributed by atoms with E-state index in [0.29, 0.717) is 8.58 Å². The molecule has 1 heterocycles. The molecule has 0 aromatic heterocycles. The van der Waals surface area contributed by atoms with Crippen molar-refractivity contribution in [2.24, 2.45) is 0 Å². The molecule has 1 aliphatic heterocycles. The van der Waals surface area contributed by atoms with Gasteiger partial charge in [-0.3, -0.25) is 4.90 Å². The van der Waals surface area contributed by atoms with Crippen LogP contribution in [-0.4, -0.2) is 31.9 Å². The van der Waals surface area contributed by atoms with Gasteiger partial charge in [0.25, 0.3) is 0 Å². The van der Waals surface area contributed by atoms with Gasteiger partial charge in [0, 0.05) is 19.0 Å². The van der Waals surface area contributed by atoms with E-state index < -0.39 is 0 Å². The molecule has 32 heavy (non-hydrogen) atoms. The van der Waals surface area contributed by atoms with Gasteiger partial charge in [-0.25, -0.2) is 0 Å². The first-order valence-corrected chi connectivity index (χ1v) is 12.6. The number of hydrogen-bond donors (Lipinski definition) is 0. The molecule has 4 rings (SSSR count). The lowest BCUT2D eigenvalue weighted by atomic mass is 10.1. The van der Waals surface area contributed by atoms with Crippen LogP contribution in [0.5, 0.6) is 5.75 Å². The third kappa shape index (κ3) is 6.42. The second-order valence-corrected chi connectivity index (χ2v) is 9.99.